The van der Waals surface area contributed by atoms with Crippen LogP contribution < -0.4 is 5.32 Å². The lowest BCUT2D eigenvalue weighted by atomic mass is 10.1. The molecule has 27 heavy (non-hydrogen) atoms. The zero-order valence-corrected chi connectivity index (χ0v) is 15.3. The van der Waals surface area contributed by atoms with Crippen LogP contribution in [0.4, 0.5) is 0 Å². The number of benzene rings is 2. The van der Waals surface area contributed by atoms with E-state index in [1.165, 1.54) is 10.5 Å². The highest BCUT2D eigenvalue weighted by atomic mass is 16.2. The van der Waals surface area contributed by atoms with Gasteiger partial charge in [-0.05, 0) is 43.4 Å². The van der Waals surface area contributed by atoms with Crippen molar-refractivity contribution in [1.82, 2.24) is 10.2 Å². The summed E-state index contributed by atoms with van der Waals surface area (Å²) in [4.78, 5) is 37.7. The Morgan fingerprint density at radius 3 is 2.11 bits per heavy atom. The average Bonchev–Trinajstić information content (AvgIpc) is 2.94. The van der Waals surface area contributed by atoms with Gasteiger partial charge in [0.25, 0.3) is 11.8 Å². The molecule has 1 heterocycles. The van der Waals surface area contributed by atoms with Crippen LogP contribution in [0.15, 0.2) is 54.6 Å². The lowest BCUT2D eigenvalue weighted by Crippen LogP contribution is -2.32. The fourth-order valence-electron chi connectivity index (χ4n) is 3.25. The van der Waals surface area contributed by atoms with E-state index in [0.29, 0.717) is 30.5 Å². The van der Waals surface area contributed by atoms with E-state index in [-0.39, 0.29) is 24.3 Å². The summed E-state index contributed by atoms with van der Waals surface area (Å²) in [5, 5.41) is 2.91. The van der Waals surface area contributed by atoms with E-state index in [0.717, 1.165) is 19.3 Å². The first kappa shape index (κ1) is 18.8. The minimum atomic E-state index is -0.267. The fraction of sp³-hybridized carbons (Fsp3) is 0.318. The van der Waals surface area contributed by atoms with E-state index in [1.54, 1.807) is 24.3 Å². The summed E-state index contributed by atoms with van der Waals surface area (Å²) in [5.41, 5.74) is 2.21. The molecule has 0 saturated carbocycles. The van der Waals surface area contributed by atoms with Gasteiger partial charge in [0.15, 0.2) is 0 Å². The molecule has 1 N–H and O–H groups in total. The number of imide groups is 1. The van der Waals surface area contributed by atoms with E-state index in [1.807, 2.05) is 18.2 Å². The summed E-state index contributed by atoms with van der Waals surface area (Å²) >= 11 is 0. The number of carbonyl (C=O) groups excluding carboxylic acids is 3. The number of carbonyl (C=O) groups is 3. The van der Waals surface area contributed by atoms with Crippen molar-refractivity contribution in [3.05, 3.63) is 71.3 Å². The number of rotatable bonds is 9. The number of hydrogen-bond acceptors (Lipinski definition) is 3. The van der Waals surface area contributed by atoms with Crippen molar-refractivity contribution >= 4 is 17.7 Å². The number of nitrogens with zero attached hydrogens (tertiary/aromatic N) is 1. The van der Waals surface area contributed by atoms with Crippen molar-refractivity contribution in [1.29, 1.82) is 0 Å². The fourth-order valence-corrected chi connectivity index (χ4v) is 3.25. The van der Waals surface area contributed by atoms with Crippen LogP contribution in [0.5, 0.6) is 0 Å². The van der Waals surface area contributed by atoms with Gasteiger partial charge < -0.3 is 5.32 Å². The minimum Gasteiger partial charge on any atom is -0.356 e. The Labute approximate surface area is 159 Å². The normalized spacial score (nSPS) is 13.0. The molecule has 0 aliphatic carbocycles. The van der Waals surface area contributed by atoms with E-state index >= 15 is 0 Å². The van der Waals surface area contributed by atoms with E-state index in [4.69, 9.17) is 0 Å². The Kier molecular flexibility index (Phi) is 6.36. The highest BCUT2D eigenvalue weighted by Crippen LogP contribution is 2.22. The van der Waals surface area contributed by atoms with Gasteiger partial charge in [-0.3, -0.25) is 19.3 Å². The van der Waals surface area contributed by atoms with Gasteiger partial charge in [-0.1, -0.05) is 42.5 Å². The van der Waals surface area contributed by atoms with Gasteiger partial charge in [0.2, 0.25) is 5.91 Å². The molecule has 2 aromatic carbocycles. The van der Waals surface area contributed by atoms with Crippen LogP contribution in [-0.4, -0.2) is 35.7 Å². The molecule has 3 amide bonds. The molecule has 3 rings (SSSR count). The molecule has 1 aliphatic heterocycles. The Hall–Kier alpha value is -2.95. The second kappa shape index (κ2) is 9.12. The van der Waals surface area contributed by atoms with Crippen molar-refractivity contribution in [2.75, 3.05) is 13.1 Å². The standard InChI is InChI=1S/C22H24N2O3/c25-20(23-15-7-6-11-17-9-2-1-3-10-17)14-8-16-24-21(26)18-12-4-5-13-19(18)22(24)27/h1-5,9-10,12-13H,6-8,11,14-16H2,(H,23,25). The second-order valence-corrected chi connectivity index (χ2v) is 6.70. The van der Waals surface area contributed by atoms with E-state index in [9.17, 15) is 14.4 Å². The zero-order chi connectivity index (χ0) is 19.1. The van der Waals surface area contributed by atoms with Crippen LogP contribution in [0, 0.1) is 0 Å². The van der Waals surface area contributed by atoms with Crippen LogP contribution in [0.2, 0.25) is 0 Å². The Bertz CT molecular complexity index is 782. The maximum Gasteiger partial charge on any atom is 0.261 e. The minimum absolute atomic E-state index is 0.0358. The van der Waals surface area contributed by atoms with Crippen LogP contribution >= 0.6 is 0 Å². The molecule has 1 aliphatic rings. The molecule has 0 atom stereocenters. The van der Waals surface area contributed by atoms with Gasteiger partial charge in [-0.2, -0.15) is 0 Å². The molecule has 5 nitrogen and oxygen atoms in total. The highest BCUT2D eigenvalue weighted by molar-refractivity contribution is 6.21. The predicted molar refractivity (Wildman–Crippen MR) is 103 cm³/mol. The SMILES string of the molecule is O=C(CCCN1C(=O)c2ccccc2C1=O)NCCCCc1ccccc1. The largest absolute Gasteiger partial charge is 0.356 e. The Balaban J connectivity index is 1.31. The highest BCUT2D eigenvalue weighted by Gasteiger charge is 2.34. The predicted octanol–water partition coefficient (Wildman–Crippen LogP) is 3.20. The summed E-state index contributed by atoms with van der Waals surface area (Å²) in [7, 11) is 0. The topological polar surface area (TPSA) is 66.5 Å². The first-order valence-corrected chi connectivity index (χ1v) is 9.42. The quantitative estimate of drug-likeness (QED) is 0.549. The van der Waals surface area contributed by atoms with Gasteiger partial charge in [0.05, 0.1) is 11.1 Å². The van der Waals surface area contributed by atoms with Crippen molar-refractivity contribution in [3.63, 3.8) is 0 Å². The van der Waals surface area contributed by atoms with Crippen molar-refractivity contribution in [2.24, 2.45) is 0 Å². The molecule has 2 aromatic rings. The molecule has 0 aromatic heterocycles. The Morgan fingerprint density at radius 1 is 0.815 bits per heavy atom. The summed E-state index contributed by atoms with van der Waals surface area (Å²) in [6, 6.07) is 17.1. The van der Waals surface area contributed by atoms with Crippen molar-refractivity contribution < 1.29 is 14.4 Å². The number of amides is 3. The number of unbranched alkanes of at least 4 members (excludes halogenated alkanes) is 1. The summed E-state index contributed by atoms with van der Waals surface area (Å²) < 4.78 is 0. The lowest BCUT2D eigenvalue weighted by Gasteiger charge is -2.13. The second-order valence-electron chi connectivity index (χ2n) is 6.70. The molecule has 5 heteroatoms. The summed E-state index contributed by atoms with van der Waals surface area (Å²) in [6.45, 7) is 0.923. The molecule has 0 fully saturated rings. The molecule has 140 valence electrons. The maximum absolute atomic E-state index is 12.2. The van der Waals surface area contributed by atoms with Gasteiger partial charge in [0.1, 0.15) is 0 Å². The number of hydrogen-bond donors (Lipinski definition) is 1. The van der Waals surface area contributed by atoms with Crippen LogP contribution in [-0.2, 0) is 11.2 Å². The molecular formula is C22H24N2O3. The van der Waals surface area contributed by atoms with Crippen LogP contribution in [0.3, 0.4) is 0 Å². The lowest BCUT2D eigenvalue weighted by molar-refractivity contribution is -0.121. The van der Waals surface area contributed by atoms with Crippen LogP contribution in [0.1, 0.15) is 52.0 Å². The summed E-state index contributed by atoms with van der Waals surface area (Å²) in [6.07, 6.45) is 3.75. The third-order valence-corrected chi connectivity index (χ3v) is 4.72. The monoisotopic (exact) mass is 364 g/mol. The maximum atomic E-state index is 12.2. The van der Waals surface area contributed by atoms with Gasteiger partial charge in [-0.15, -0.1) is 0 Å². The molecule has 0 bridgehead atoms. The molecule has 0 radical (unpaired) electrons. The smallest absolute Gasteiger partial charge is 0.261 e. The molecular weight excluding hydrogens is 340 g/mol. The van der Waals surface area contributed by atoms with E-state index < -0.39 is 0 Å². The van der Waals surface area contributed by atoms with Gasteiger partial charge in [-0.25, -0.2) is 0 Å². The number of fused-ring (bicyclic) bond motifs is 1. The van der Waals surface area contributed by atoms with Crippen molar-refractivity contribution in [2.45, 2.75) is 32.1 Å². The van der Waals surface area contributed by atoms with Crippen LogP contribution in [0.25, 0.3) is 0 Å². The molecule has 0 spiro atoms. The number of nitrogens with one attached hydrogen (secondary N) is 1. The van der Waals surface area contributed by atoms with Gasteiger partial charge >= 0.3 is 0 Å². The van der Waals surface area contributed by atoms with Crippen molar-refractivity contribution in [3.8, 4) is 0 Å². The van der Waals surface area contributed by atoms with Gasteiger partial charge in [0, 0.05) is 19.5 Å². The van der Waals surface area contributed by atoms with E-state index in [2.05, 4.69) is 17.4 Å². The first-order chi connectivity index (χ1) is 13.2. The third-order valence-electron chi connectivity index (χ3n) is 4.72. The Morgan fingerprint density at radius 2 is 1.44 bits per heavy atom. The average molecular weight is 364 g/mol. The first-order valence-electron chi connectivity index (χ1n) is 9.42. The number of aryl methyl sites for hydroxylation is 1. The molecule has 0 saturated heterocycles. The summed E-state index contributed by atoms with van der Waals surface area (Å²) in [5.74, 6) is -0.569. The third kappa shape index (κ3) is 4.82. The molecule has 0 unspecified atom stereocenters. The zero-order valence-electron chi connectivity index (χ0n) is 15.3.